The van der Waals surface area contributed by atoms with Crippen molar-refractivity contribution >= 4 is 23.6 Å². The number of hydrogen-bond acceptors (Lipinski definition) is 1. The first-order chi connectivity index (χ1) is 6.50. The van der Waals surface area contributed by atoms with Crippen molar-refractivity contribution in [3.05, 3.63) is 40.2 Å². The molecule has 0 aliphatic carbocycles. The van der Waals surface area contributed by atoms with Gasteiger partial charge in [-0.3, -0.25) is 0 Å². The molecule has 0 aliphatic heterocycles. The second-order valence-electron chi connectivity index (χ2n) is 2.80. The Bertz CT molecular complexity index is 399. The highest BCUT2D eigenvalue weighted by Gasteiger charge is 2.04. The van der Waals surface area contributed by atoms with Crippen LogP contribution >= 0.6 is 11.6 Å². The van der Waals surface area contributed by atoms with E-state index in [-0.39, 0.29) is 11.1 Å². The van der Waals surface area contributed by atoms with E-state index in [0.29, 0.717) is 5.02 Å². The average Bonchev–Trinajstić information content (AvgIpc) is 2.11. The molecule has 0 atom stereocenters. The number of carboxylic acids is 1. The van der Waals surface area contributed by atoms with Gasteiger partial charge in [0.2, 0.25) is 0 Å². The molecule has 0 bridgehead atoms. The SMILES string of the molecule is C/C(=C/c1cc(Cl)ccc1F)C(=O)O. The molecule has 0 unspecified atom stereocenters. The Morgan fingerprint density at radius 2 is 2.21 bits per heavy atom. The van der Waals surface area contributed by atoms with Crippen LogP contribution in [0, 0.1) is 5.82 Å². The Hall–Kier alpha value is -1.35. The summed E-state index contributed by atoms with van der Waals surface area (Å²) in [5, 5.41) is 8.95. The average molecular weight is 215 g/mol. The van der Waals surface area contributed by atoms with E-state index in [1.807, 2.05) is 0 Å². The maximum absolute atomic E-state index is 13.1. The maximum atomic E-state index is 13.1. The van der Waals surface area contributed by atoms with Gasteiger partial charge < -0.3 is 5.11 Å². The van der Waals surface area contributed by atoms with Crippen LogP contribution in [0.5, 0.6) is 0 Å². The lowest BCUT2D eigenvalue weighted by molar-refractivity contribution is -0.132. The first-order valence-electron chi connectivity index (χ1n) is 3.87. The van der Waals surface area contributed by atoms with E-state index < -0.39 is 11.8 Å². The van der Waals surface area contributed by atoms with Crippen LogP contribution in [0.3, 0.4) is 0 Å². The number of aliphatic carboxylic acids is 1. The van der Waals surface area contributed by atoms with Gasteiger partial charge in [-0.05, 0) is 31.2 Å². The highest BCUT2D eigenvalue weighted by Crippen LogP contribution is 2.17. The lowest BCUT2D eigenvalue weighted by atomic mass is 10.1. The second kappa shape index (κ2) is 4.24. The van der Waals surface area contributed by atoms with Crippen LogP contribution < -0.4 is 0 Å². The summed E-state index contributed by atoms with van der Waals surface area (Å²) in [4.78, 5) is 10.5. The third-order valence-electron chi connectivity index (χ3n) is 1.67. The van der Waals surface area contributed by atoms with Crippen LogP contribution in [0.1, 0.15) is 12.5 Å². The Labute approximate surface area is 85.6 Å². The fourth-order valence-corrected chi connectivity index (χ4v) is 1.10. The quantitative estimate of drug-likeness (QED) is 0.769. The molecule has 14 heavy (non-hydrogen) atoms. The van der Waals surface area contributed by atoms with Crippen LogP contribution in [0.15, 0.2) is 23.8 Å². The minimum Gasteiger partial charge on any atom is -0.478 e. The van der Waals surface area contributed by atoms with E-state index in [9.17, 15) is 9.18 Å². The Kier molecular flexibility index (Phi) is 3.25. The van der Waals surface area contributed by atoms with Gasteiger partial charge in [0.1, 0.15) is 5.82 Å². The minimum atomic E-state index is -1.08. The van der Waals surface area contributed by atoms with Gasteiger partial charge >= 0.3 is 5.97 Å². The topological polar surface area (TPSA) is 37.3 Å². The van der Waals surface area contributed by atoms with Crippen molar-refractivity contribution in [1.29, 1.82) is 0 Å². The zero-order valence-electron chi connectivity index (χ0n) is 7.42. The number of carbonyl (C=O) groups is 1. The van der Waals surface area contributed by atoms with Crippen molar-refractivity contribution in [1.82, 2.24) is 0 Å². The van der Waals surface area contributed by atoms with Crippen LogP contribution in [0.25, 0.3) is 6.08 Å². The first kappa shape index (κ1) is 10.7. The third-order valence-corrected chi connectivity index (χ3v) is 1.90. The normalized spacial score (nSPS) is 11.5. The van der Waals surface area contributed by atoms with Gasteiger partial charge in [0.05, 0.1) is 0 Å². The molecule has 2 nitrogen and oxygen atoms in total. The summed E-state index contributed by atoms with van der Waals surface area (Å²) in [5.74, 6) is -1.57. The van der Waals surface area contributed by atoms with Gasteiger partial charge in [0.15, 0.2) is 0 Å². The van der Waals surface area contributed by atoms with E-state index in [0.717, 1.165) is 0 Å². The Morgan fingerprint density at radius 1 is 1.57 bits per heavy atom. The van der Waals surface area contributed by atoms with Gasteiger partial charge in [-0.25, -0.2) is 9.18 Å². The standard InChI is InChI=1S/C10H8ClFO2/c1-6(10(13)14)4-7-5-8(11)2-3-9(7)12/h2-5H,1H3,(H,13,14)/b6-4-. The fourth-order valence-electron chi connectivity index (χ4n) is 0.920. The summed E-state index contributed by atoms with van der Waals surface area (Å²) < 4.78 is 13.1. The molecular formula is C10H8ClFO2. The molecule has 0 aliphatic rings. The molecule has 1 aromatic rings. The molecular weight excluding hydrogens is 207 g/mol. The molecule has 0 spiro atoms. The lowest BCUT2D eigenvalue weighted by Gasteiger charge is -1.98. The largest absolute Gasteiger partial charge is 0.478 e. The highest BCUT2D eigenvalue weighted by atomic mass is 35.5. The Morgan fingerprint density at radius 3 is 2.79 bits per heavy atom. The van der Waals surface area contributed by atoms with Crippen molar-refractivity contribution in [3.63, 3.8) is 0 Å². The molecule has 4 heteroatoms. The molecule has 0 radical (unpaired) electrons. The third kappa shape index (κ3) is 2.57. The van der Waals surface area contributed by atoms with Crippen molar-refractivity contribution in [2.24, 2.45) is 0 Å². The minimum absolute atomic E-state index is 0.0613. The van der Waals surface area contributed by atoms with Crippen molar-refractivity contribution < 1.29 is 14.3 Å². The molecule has 0 saturated heterocycles. The fraction of sp³-hybridized carbons (Fsp3) is 0.100. The van der Waals surface area contributed by atoms with Crippen LogP contribution in [0.2, 0.25) is 5.02 Å². The van der Waals surface area contributed by atoms with E-state index in [2.05, 4.69) is 0 Å². The van der Waals surface area contributed by atoms with Crippen LogP contribution in [0.4, 0.5) is 4.39 Å². The zero-order chi connectivity index (χ0) is 10.7. The maximum Gasteiger partial charge on any atom is 0.331 e. The molecule has 0 amide bonds. The molecule has 0 heterocycles. The van der Waals surface area contributed by atoms with E-state index >= 15 is 0 Å². The molecule has 1 aromatic carbocycles. The smallest absolute Gasteiger partial charge is 0.331 e. The van der Waals surface area contributed by atoms with Gasteiger partial charge in [-0.15, -0.1) is 0 Å². The second-order valence-corrected chi connectivity index (χ2v) is 3.23. The molecule has 1 rings (SSSR count). The van der Waals surface area contributed by atoms with Crippen LogP contribution in [-0.2, 0) is 4.79 Å². The van der Waals surface area contributed by atoms with Gasteiger partial charge in [-0.2, -0.15) is 0 Å². The van der Waals surface area contributed by atoms with Crippen molar-refractivity contribution in [2.45, 2.75) is 6.92 Å². The van der Waals surface area contributed by atoms with E-state index in [4.69, 9.17) is 16.7 Å². The van der Waals surface area contributed by atoms with Crippen LogP contribution in [-0.4, -0.2) is 11.1 Å². The predicted octanol–water partition coefficient (Wildman–Crippen LogP) is 2.97. The number of hydrogen-bond donors (Lipinski definition) is 1. The number of halogens is 2. The van der Waals surface area contributed by atoms with Gasteiger partial charge in [0, 0.05) is 16.2 Å². The number of rotatable bonds is 2. The predicted molar refractivity (Wildman–Crippen MR) is 52.7 cm³/mol. The highest BCUT2D eigenvalue weighted by molar-refractivity contribution is 6.30. The summed E-state index contributed by atoms with van der Waals surface area (Å²) in [6.45, 7) is 1.39. The van der Waals surface area contributed by atoms with E-state index in [1.165, 1.54) is 31.2 Å². The first-order valence-corrected chi connectivity index (χ1v) is 4.25. The summed E-state index contributed by atoms with van der Waals surface area (Å²) in [6.07, 6.45) is 1.24. The van der Waals surface area contributed by atoms with Gasteiger partial charge in [-0.1, -0.05) is 11.6 Å². The van der Waals surface area contributed by atoms with Crippen molar-refractivity contribution in [3.8, 4) is 0 Å². The molecule has 0 fully saturated rings. The summed E-state index contributed by atoms with van der Waals surface area (Å²) in [5.41, 5.74) is 0.239. The molecule has 0 saturated carbocycles. The monoisotopic (exact) mass is 214 g/mol. The molecule has 0 aromatic heterocycles. The lowest BCUT2D eigenvalue weighted by Crippen LogP contribution is -1.96. The van der Waals surface area contributed by atoms with Crippen molar-refractivity contribution in [2.75, 3.05) is 0 Å². The Balaban J connectivity index is 3.13. The van der Waals surface area contributed by atoms with Gasteiger partial charge in [0.25, 0.3) is 0 Å². The summed E-state index contributed by atoms with van der Waals surface area (Å²) >= 11 is 5.64. The molecule has 74 valence electrons. The van der Waals surface area contributed by atoms with E-state index in [1.54, 1.807) is 0 Å². The number of carboxylic acid groups (broad SMARTS) is 1. The summed E-state index contributed by atoms with van der Waals surface area (Å²) in [7, 11) is 0. The molecule has 1 N–H and O–H groups in total. The number of benzene rings is 1. The summed E-state index contributed by atoms with van der Waals surface area (Å²) in [6, 6.07) is 3.98. The zero-order valence-corrected chi connectivity index (χ0v) is 8.18.